The third-order valence-electron chi connectivity index (χ3n) is 4.03. The van der Waals surface area contributed by atoms with E-state index in [1.54, 1.807) is 23.7 Å². The summed E-state index contributed by atoms with van der Waals surface area (Å²) >= 11 is 1.59. The van der Waals surface area contributed by atoms with E-state index in [4.69, 9.17) is 4.42 Å². The van der Waals surface area contributed by atoms with Crippen molar-refractivity contribution >= 4 is 22.9 Å². The fraction of sp³-hybridized carbons (Fsp3) is 0.0952. The monoisotopic (exact) mass is 375 g/mol. The SMILES string of the molecule is O=C(CCc1ncc(-c2ccccc2)o1)Nc1ccc(-c2nccs2)cc1. The lowest BCUT2D eigenvalue weighted by atomic mass is 10.2. The summed E-state index contributed by atoms with van der Waals surface area (Å²) in [6, 6.07) is 17.5. The molecule has 0 unspecified atom stereocenters. The molecule has 2 aromatic carbocycles. The van der Waals surface area contributed by atoms with Crippen LogP contribution in [0, 0.1) is 0 Å². The van der Waals surface area contributed by atoms with E-state index < -0.39 is 0 Å². The van der Waals surface area contributed by atoms with Gasteiger partial charge >= 0.3 is 0 Å². The quantitative estimate of drug-likeness (QED) is 0.513. The molecule has 2 heterocycles. The van der Waals surface area contributed by atoms with Crippen LogP contribution >= 0.6 is 11.3 Å². The van der Waals surface area contributed by atoms with Gasteiger partial charge in [-0.1, -0.05) is 30.3 Å². The molecule has 0 saturated carbocycles. The van der Waals surface area contributed by atoms with E-state index in [2.05, 4.69) is 15.3 Å². The minimum absolute atomic E-state index is 0.0727. The van der Waals surface area contributed by atoms with Crippen molar-refractivity contribution in [3.05, 3.63) is 78.3 Å². The lowest BCUT2D eigenvalue weighted by Gasteiger charge is -2.05. The molecule has 5 nitrogen and oxygen atoms in total. The first-order valence-electron chi connectivity index (χ1n) is 8.58. The highest BCUT2D eigenvalue weighted by molar-refractivity contribution is 7.13. The highest BCUT2D eigenvalue weighted by Crippen LogP contribution is 2.23. The van der Waals surface area contributed by atoms with Gasteiger partial charge in [0.1, 0.15) is 5.01 Å². The summed E-state index contributed by atoms with van der Waals surface area (Å²) in [5.74, 6) is 1.20. The van der Waals surface area contributed by atoms with Crippen LogP contribution in [0.5, 0.6) is 0 Å². The Morgan fingerprint density at radius 2 is 1.81 bits per heavy atom. The molecule has 0 saturated heterocycles. The maximum Gasteiger partial charge on any atom is 0.224 e. The molecule has 0 aliphatic carbocycles. The molecule has 2 aromatic heterocycles. The van der Waals surface area contributed by atoms with Crippen LogP contribution in [0.25, 0.3) is 21.9 Å². The van der Waals surface area contributed by atoms with Crippen LogP contribution in [0.3, 0.4) is 0 Å². The summed E-state index contributed by atoms with van der Waals surface area (Å²) in [5.41, 5.74) is 2.77. The van der Waals surface area contributed by atoms with E-state index >= 15 is 0 Å². The van der Waals surface area contributed by atoms with E-state index in [1.807, 2.05) is 60.0 Å². The molecule has 0 bridgehead atoms. The van der Waals surface area contributed by atoms with Gasteiger partial charge in [0.2, 0.25) is 5.91 Å². The second-order valence-electron chi connectivity index (χ2n) is 5.95. The third kappa shape index (κ3) is 4.30. The summed E-state index contributed by atoms with van der Waals surface area (Å²) in [6.07, 6.45) is 4.24. The number of amides is 1. The van der Waals surface area contributed by atoms with E-state index in [0.717, 1.165) is 21.8 Å². The molecule has 0 fully saturated rings. The number of thiazole rings is 1. The number of aryl methyl sites for hydroxylation is 1. The Hall–Kier alpha value is -3.25. The Kier molecular flexibility index (Phi) is 5.07. The summed E-state index contributed by atoms with van der Waals surface area (Å²) in [6.45, 7) is 0. The van der Waals surface area contributed by atoms with Crippen molar-refractivity contribution in [3.8, 4) is 21.9 Å². The smallest absolute Gasteiger partial charge is 0.224 e. The van der Waals surface area contributed by atoms with Gasteiger partial charge in [-0.25, -0.2) is 9.97 Å². The van der Waals surface area contributed by atoms with Crippen LogP contribution in [0.4, 0.5) is 5.69 Å². The van der Waals surface area contributed by atoms with Crippen LogP contribution < -0.4 is 5.32 Å². The number of hydrogen-bond donors (Lipinski definition) is 1. The topological polar surface area (TPSA) is 68.0 Å². The molecule has 4 rings (SSSR count). The summed E-state index contributed by atoms with van der Waals surface area (Å²) in [7, 11) is 0. The van der Waals surface area contributed by atoms with Gasteiger partial charge in [0.25, 0.3) is 0 Å². The molecule has 4 aromatic rings. The number of oxazole rings is 1. The number of carbonyl (C=O) groups excluding carboxylic acids is 1. The normalized spacial score (nSPS) is 10.7. The van der Waals surface area contributed by atoms with Crippen molar-refractivity contribution < 1.29 is 9.21 Å². The average molecular weight is 375 g/mol. The lowest BCUT2D eigenvalue weighted by Crippen LogP contribution is -2.12. The second kappa shape index (κ2) is 7.97. The van der Waals surface area contributed by atoms with Crippen molar-refractivity contribution in [2.75, 3.05) is 5.32 Å². The fourth-order valence-electron chi connectivity index (χ4n) is 2.67. The zero-order valence-corrected chi connectivity index (χ0v) is 15.3. The van der Waals surface area contributed by atoms with Gasteiger partial charge in [-0.3, -0.25) is 4.79 Å². The number of nitrogens with zero attached hydrogens (tertiary/aromatic N) is 2. The Morgan fingerprint density at radius 3 is 2.56 bits per heavy atom. The summed E-state index contributed by atoms with van der Waals surface area (Å²) in [5, 5.41) is 5.80. The Labute approximate surface area is 160 Å². The van der Waals surface area contributed by atoms with E-state index in [0.29, 0.717) is 24.5 Å². The first-order chi connectivity index (χ1) is 13.3. The molecule has 0 atom stereocenters. The van der Waals surface area contributed by atoms with Crippen LogP contribution in [-0.2, 0) is 11.2 Å². The van der Waals surface area contributed by atoms with Crippen LogP contribution in [0.2, 0.25) is 0 Å². The van der Waals surface area contributed by atoms with Gasteiger partial charge in [0, 0.05) is 41.2 Å². The fourth-order valence-corrected chi connectivity index (χ4v) is 3.31. The lowest BCUT2D eigenvalue weighted by molar-refractivity contribution is -0.116. The molecule has 6 heteroatoms. The van der Waals surface area contributed by atoms with Gasteiger partial charge in [0.05, 0.1) is 6.20 Å². The van der Waals surface area contributed by atoms with Gasteiger partial charge < -0.3 is 9.73 Å². The maximum absolute atomic E-state index is 12.2. The number of hydrogen-bond acceptors (Lipinski definition) is 5. The Balaban J connectivity index is 1.32. The maximum atomic E-state index is 12.2. The molecular weight excluding hydrogens is 358 g/mol. The minimum atomic E-state index is -0.0727. The number of benzene rings is 2. The third-order valence-corrected chi connectivity index (χ3v) is 4.85. The molecule has 27 heavy (non-hydrogen) atoms. The Morgan fingerprint density at radius 1 is 1.00 bits per heavy atom. The van der Waals surface area contributed by atoms with Crippen LogP contribution in [0.15, 0.2) is 76.8 Å². The highest BCUT2D eigenvalue weighted by Gasteiger charge is 2.09. The number of anilines is 1. The van der Waals surface area contributed by atoms with Gasteiger partial charge in [-0.2, -0.15) is 0 Å². The molecule has 134 valence electrons. The molecule has 0 aliphatic heterocycles. The van der Waals surface area contributed by atoms with Crippen molar-refractivity contribution in [3.63, 3.8) is 0 Å². The first-order valence-corrected chi connectivity index (χ1v) is 9.46. The van der Waals surface area contributed by atoms with Gasteiger partial charge in [-0.15, -0.1) is 11.3 Å². The van der Waals surface area contributed by atoms with Gasteiger partial charge in [0.15, 0.2) is 11.7 Å². The predicted octanol–water partition coefficient (Wildman–Crippen LogP) is 5.04. The zero-order valence-electron chi connectivity index (χ0n) is 14.5. The van der Waals surface area contributed by atoms with Crippen molar-refractivity contribution in [1.82, 2.24) is 9.97 Å². The molecule has 0 aliphatic rings. The molecule has 0 spiro atoms. The Bertz CT molecular complexity index is 1010. The molecule has 1 amide bonds. The van der Waals surface area contributed by atoms with Crippen LogP contribution in [0.1, 0.15) is 12.3 Å². The first kappa shape index (κ1) is 17.2. The predicted molar refractivity (Wildman–Crippen MR) is 106 cm³/mol. The van der Waals surface area contributed by atoms with Crippen LogP contribution in [-0.4, -0.2) is 15.9 Å². The molecular formula is C21H17N3O2S. The number of aromatic nitrogens is 2. The minimum Gasteiger partial charge on any atom is -0.441 e. The number of carbonyl (C=O) groups is 1. The number of nitrogens with one attached hydrogen (secondary N) is 1. The highest BCUT2D eigenvalue weighted by atomic mass is 32.1. The van der Waals surface area contributed by atoms with E-state index in [9.17, 15) is 4.79 Å². The van der Waals surface area contributed by atoms with E-state index in [1.165, 1.54) is 0 Å². The molecule has 0 radical (unpaired) electrons. The van der Waals surface area contributed by atoms with Crippen molar-refractivity contribution in [2.24, 2.45) is 0 Å². The van der Waals surface area contributed by atoms with Crippen molar-refractivity contribution in [1.29, 1.82) is 0 Å². The van der Waals surface area contributed by atoms with Crippen molar-refractivity contribution in [2.45, 2.75) is 12.8 Å². The largest absolute Gasteiger partial charge is 0.441 e. The number of rotatable bonds is 6. The van der Waals surface area contributed by atoms with Gasteiger partial charge in [-0.05, 0) is 24.3 Å². The summed E-state index contributed by atoms with van der Waals surface area (Å²) < 4.78 is 5.73. The molecule has 1 N–H and O–H groups in total. The second-order valence-corrected chi connectivity index (χ2v) is 6.84. The van der Waals surface area contributed by atoms with E-state index in [-0.39, 0.29) is 5.91 Å². The standard InChI is InChI=1S/C21H17N3O2S/c25-19(24-17-8-6-16(7-9-17)21-22-12-13-27-21)10-11-20-23-14-18(26-20)15-4-2-1-3-5-15/h1-9,12-14H,10-11H2,(H,24,25). The summed E-state index contributed by atoms with van der Waals surface area (Å²) in [4.78, 5) is 20.7. The zero-order chi connectivity index (χ0) is 18.5. The average Bonchev–Trinajstić information content (AvgIpc) is 3.40.